The lowest BCUT2D eigenvalue weighted by molar-refractivity contribution is 0.414. The van der Waals surface area contributed by atoms with Crippen LogP contribution in [0.15, 0.2) is 24.3 Å². The normalized spacial score (nSPS) is 16.1. The Hall–Kier alpha value is -0.670. The molecule has 0 aromatic heterocycles. The van der Waals surface area contributed by atoms with E-state index in [0.29, 0.717) is 10.5 Å². The molecule has 0 spiro atoms. The molecule has 2 nitrogen and oxygen atoms in total. The van der Waals surface area contributed by atoms with Crippen LogP contribution in [0, 0.1) is 0 Å². The summed E-state index contributed by atoms with van der Waals surface area (Å²) in [7, 11) is 1.70. The van der Waals surface area contributed by atoms with Gasteiger partial charge in [-0.25, -0.2) is 0 Å². The van der Waals surface area contributed by atoms with Crippen molar-refractivity contribution in [1.82, 2.24) is 0 Å². The monoisotopic (exact) mass is 267 g/mol. The third kappa shape index (κ3) is 4.21. The molecule has 0 amide bonds. The van der Waals surface area contributed by atoms with E-state index in [2.05, 4.69) is 32.9 Å². The molecular weight excluding hydrogens is 242 g/mol. The van der Waals surface area contributed by atoms with Gasteiger partial charge in [-0.2, -0.15) is 0 Å². The number of rotatable bonds is 7. The van der Waals surface area contributed by atoms with Crippen LogP contribution in [-0.2, 0) is 0 Å². The number of hydrogen-bond donors (Lipinski definition) is 1. The van der Waals surface area contributed by atoms with Crippen molar-refractivity contribution in [3.63, 3.8) is 0 Å². The first-order valence-corrected chi connectivity index (χ1v) is 7.61. The van der Waals surface area contributed by atoms with Crippen molar-refractivity contribution in [1.29, 1.82) is 0 Å². The Morgan fingerprint density at radius 3 is 2.56 bits per heavy atom. The van der Waals surface area contributed by atoms with Gasteiger partial charge in [0, 0.05) is 16.5 Å². The van der Waals surface area contributed by atoms with Crippen LogP contribution in [0.3, 0.4) is 0 Å². The van der Waals surface area contributed by atoms with Crippen molar-refractivity contribution in [2.45, 2.75) is 50.2 Å². The molecule has 3 heteroatoms. The van der Waals surface area contributed by atoms with Crippen molar-refractivity contribution in [3.05, 3.63) is 29.8 Å². The third-order valence-corrected chi connectivity index (χ3v) is 4.95. The van der Waals surface area contributed by atoms with Gasteiger partial charge in [0.25, 0.3) is 0 Å². The smallest absolute Gasteiger partial charge is 0.119 e. The van der Waals surface area contributed by atoms with Gasteiger partial charge in [0.05, 0.1) is 7.11 Å². The molecule has 1 rings (SSSR count). The number of methoxy groups -OCH3 is 1. The Bertz CT molecular complexity index is 356. The third-order valence-electron chi connectivity index (χ3n) is 3.24. The highest BCUT2D eigenvalue weighted by Crippen LogP contribution is 2.37. The summed E-state index contributed by atoms with van der Waals surface area (Å²) in [5, 5.41) is 0.971. The van der Waals surface area contributed by atoms with Gasteiger partial charge >= 0.3 is 0 Å². The number of benzene rings is 1. The largest absolute Gasteiger partial charge is 0.497 e. The van der Waals surface area contributed by atoms with Gasteiger partial charge in [0.1, 0.15) is 5.75 Å². The summed E-state index contributed by atoms with van der Waals surface area (Å²) in [5.74, 6) is 0.908. The molecule has 0 saturated heterocycles. The molecule has 0 aliphatic heterocycles. The van der Waals surface area contributed by atoms with E-state index in [1.165, 1.54) is 12.0 Å². The summed E-state index contributed by atoms with van der Waals surface area (Å²) in [6.07, 6.45) is 2.16. The topological polar surface area (TPSA) is 35.2 Å². The first-order chi connectivity index (χ1) is 8.62. The fourth-order valence-electron chi connectivity index (χ4n) is 1.81. The maximum Gasteiger partial charge on any atom is 0.119 e. The summed E-state index contributed by atoms with van der Waals surface area (Å²) in [6.45, 7) is 6.63. The highest BCUT2D eigenvalue weighted by atomic mass is 32.2. The van der Waals surface area contributed by atoms with Crippen molar-refractivity contribution in [3.8, 4) is 5.75 Å². The Kier molecular flexibility index (Phi) is 6.58. The maximum absolute atomic E-state index is 6.28. The fourth-order valence-corrected chi connectivity index (χ4v) is 3.20. The second kappa shape index (κ2) is 7.70. The first kappa shape index (κ1) is 15.4. The molecule has 0 saturated carbocycles. The van der Waals surface area contributed by atoms with Crippen LogP contribution in [0.25, 0.3) is 0 Å². The zero-order valence-corrected chi connectivity index (χ0v) is 12.7. The zero-order valence-electron chi connectivity index (χ0n) is 11.8. The van der Waals surface area contributed by atoms with Gasteiger partial charge in [-0.3, -0.25) is 0 Å². The van der Waals surface area contributed by atoms with Crippen LogP contribution in [0.4, 0.5) is 0 Å². The van der Waals surface area contributed by atoms with Crippen LogP contribution < -0.4 is 10.5 Å². The summed E-state index contributed by atoms with van der Waals surface area (Å²) in [4.78, 5) is 0. The second-order valence-electron chi connectivity index (χ2n) is 4.62. The Morgan fingerprint density at radius 2 is 2.00 bits per heavy atom. The van der Waals surface area contributed by atoms with Crippen molar-refractivity contribution in [2.75, 3.05) is 7.11 Å². The molecule has 102 valence electrons. The van der Waals surface area contributed by atoms with Gasteiger partial charge in [-0.15, -0.1) is 11.8 Å². The summed E-state index contributed by atoms with van der Waals surface area (Å²) < 4.78 is 5.30. The van der Waals surface area contributed by atoms with Crippen molar-refractivity contribution in [2.24, 2.45) is 5.73 Å². The lowest BCUT2D eigenvalue weighted by Crippen LogP contribution is -2.26. The Labute approximate surface area is 115 Å². The molecule has 1 aromatic carbocycles. The molecule has 0 bridgehead atoms. The van der Waals surface area contributed by atoms with E-state index >= 15 is 0 Å². The summed E-state index contributed by atoms with van der Waals surface area (Å²) in [6, 6.07) is 8.47. The van der Waals surface area contributed by atoms with Gasteiger partial charge < -0.3 is 10.5 Å². The minimum absolute atomic E-state index is 0.191. The Balaban J connectivity index is 2.93. The standard InChI is InChI=1S/C15H25NOS/c1-5-11(3)18-15(14(16)6-2)12-8-7-9-13(10-12)17-4/h7-11,14-15H,5-6,16H2,1-4H3. The predicted molar refractivity (Wildman–Crippen MR) is 81.3 cm³/mol. The average Bonchev–Trinajstić information content (AvgIpc) is 2.43. The van der Waals surface area contributed by atoms with Crippen molar-refractivity contribution < 1.29 is 4.74 Å². The highest BCUT2D eigenvalue weighted by molar-refractivity contribution is 8.00. The molecule has 3 atom stereocenters. The minimum atomic E-state index is 0.191. The lowest BCUT2D eigenvalue weighted by Gasteiger charge is -2.26. The maximum atomic E-state index is 6.28. The molecule has 0 radical (unpaired) electrons. The number of ether oxygens (including phenoxy) is 1. The van der Waals surface area contributed by atoms with E-state index in [1.54, 1.807) is 7.11 Å². The highest BCUT2D eigenvalue weighted by Gasteiger charge is 2.21. The Morgan fingerprint density at radius 1 is 1.28 bits per heavy atom. The van der Waals surface area contributed by atoms with E-state index < -0.39 is 0 Å². The zero-order chi connectivity index (χ0) is 13.5. The van der Waals surface area contributed by atoms with Gasteiger partial charge in [0.2, 0.25) is 0 Å². The van der Waals surface area contributed by atoms with E-state index in [9.17, 15) is 0 Å². The molecule has 2 N–H and O–H groups in total. The first-order valence-electron chi connectivity index (χ1n) is 6.67. The molecule has 0 heterocycles. The number of nitrogens with two attached hydrogens (primary N) is 1. The molecule has 18 heavy (non-hydrogen) atoms. The molecule has 1 aromatic rings. The minimum Gasteiger partial charge on any atom is -0.497 e. The van der Waals surface area contributed by atoms with E-state index in [-0.39, 0.29) is 6.04 Å². The van der Waals surface area contributed by atoms with E-state index in [0.717, 1.165) is 12.2 Å². The van der Waals surface area contributed by atoms with Crippen LogP contribution in [0.2, 0.25) is 0 Å². The predicted octanol–water partition coefficient (Wildman–Crippen LogP) is 4.01. The second-order valence-corrected chi connectivity index (χ2v) is 6.21. The van der Waals surface area contributed by atoms with Gasteiger partial charge in [-0.1, -0.05) is 32.9 Å². The van der Waals surface area contributed by atoms with E-state index in [4.69, 9.17) is 10.5 Å². The average molecular weight is 267 g/mol. The number of hydrogen-bond acceptors (Lipinski definition) is 3. The molecule has 0 aliphatic carbocycles. The summed E-state index contributed by atoms with van der Waals surface area (Å²) in [5.41, 5.74) is 7.55. The molecule has 3 unspecified atom stereocenters. The van der Waals surface area contributed by atoms with Crippen LogP contribution >= 0.6 is 11.8 Å². The van der Waals surface area contributed by atoms with E-state index in [1.807, 2.05) is 23.9 Å². The molecular formula is C15H25NOS. The fraction of sp³-hybridized carbons (Fsp3) is 0.600. The van der Waals surface area contributed by atoms with Crippen molar-refractivity contribution >= 4 is 11.8 Å². The lowest BCUT2D eigenvalue weighted by atomic mass is 10.0. The van der Waals surface area contributed by atoms with Crippen LogP contribution in [-0.4, -0.2) is 18.4 Å². The summed E-state index contributed by atoms with van der Waals surface area (Å²) >= 11 is 1.97. The van der Waals surface area contributed by atoms with Gasteiger partial charge in [0.15, 0.2) is 0 Å². The SMILES string of the molecule is CCC(C)SC(c1cccc(OC)c1)C(N)CC. The van der Waals surface area contributed by atoms with Gasteiger partial charge in [-0.05, 0) is 30.5 Å². The molecule has 0 fully saturated rings. The quantitative estimate of drug-likeness (QED) is 0.811. The van der Waals surface area contributed by atoms with Crippen LogP contribution in [0.5, 0.6) is 5.75 Å². The molecule has 0 aliphatic rings. The number of thioether (sulfide) groups is 1. The van der Waals surface area contributed by atoms with Crippen LogP contribution in [0.1, 0.15) is 44.4 Å².